The molecule has 0 radical (unpaired) electrons. The molecule has 2 saturated heterocycles. The van der Waals surface area contributed by atoms with E-state index in [1.54, 1.807) is 19.1 Å². The van der Waals surface area contributed by atoms with Gasteiger partial charge < -0.3 is 14.8 Å². The number of aliphatic hydroxyl groups is 1. The van der Waals surface area contributed by atoms with Gasteiger partial charge in [0.25, 0.3) is 0 Å². The number of aliphatic imine (C=N–C) groups is 2. The topological polar surface area (TPSA) is 107 Å². The highest BCUT2D eigenvalue weighted by atomic mass is 32.2. The minimum absolute atomic E-state index is 0.223. The first-order chi connectivity index (χ1) is 14.2. The summed E-state index contributed by atoms with van der Waals surface area (Å²) >= 11 is 0. The van der Waals surface area contributed by atoms with Crippen LogP contribution in [-0.4, -0.2) is 79.7 Å². The van der Waals surface area contributed by atoms with Crippen molar-refractivity contribution >= 4 is 34.0 Å². The van der Waals surface area contributed by atoms with E-state index in [1.807, 2.05) is 4.90 Å². The maximum atomic E-state index is 14.3. The van der Waals surface area contributed by atoms with Crippen molar-refractivity contribution in [3.05, 3.63) is 41.3 Å². The smallest absolute Gasteiger partial charge is 0.225 e. The van der Waals surface area contributed by atoms with Gasteiger partial charge in [0.2, 0.25) is 16.0 Å². The third kappa shape index (κ3) is 4.91. The zero-order valence-corrected chi connectivity index (χ0v) is 17.6. The molecule has 1 aromatic rings. The SMILES string of the molecule is C=N/C(=N\C=C(/C)c1cccc(CO)c1F)N1CC(=NOC2CN(S(C)(=O)=O)C2)C1. The van der Waals surface area contributed by atoms with Crippen molar-refractivity contribution in [2.24, 2.45) is 15.1 Å². The van der Waals surface area contributed by atoms with E-state index < -0.39 is 15.8 Å². The molecule has 11 heteroatoms. The number of nitrogens with zero attached hydrogens (tertiary/aromatic N) is 5. The van der Waals surface area contributed by atoms with Gasteiger partial charge in [-0.1, -0.05) is 23.4 Å². The van der Waals surface area contributed by atoms with Gasteiger partial charge in [-0.15, -0.1) is 0 Å². The van der Waals surface area contributed by atoms with Crippen molar-refractivity contribution in [2.45, 2.75) is 19.6 Å². The molecule has 0 atom stereocenters. The Morgan fingerprint density at radius 1 is 1.40 bits per heavy atom. The Morgan fingerprint density at radius 3 is 2.70 bits per heavy atom. The molecule has 1 aromatic carbocycles. The number of sulfonamides is 1. The molecule has 0 aliphatic carbocycles. The molecule has 0 spiro atoms. The molecule has 162 valence electrons. The van der Waals surface area contributed by atoms with E-state index in [0.717, 1.165) is 12.0 Å². The molecule has 2 heterocycles. The summed E-state index contributed by atoms with van der Waals surface area (Å²) in [4.78, 5) is 15.4. The molecule has 0 unspecified atom stereocenters. The van der Waals surface area contributed by atoms with Crippen LogP contribution in [0.3, 0.4) is 0 Å². The van der Waals surface area contributed by atoms with Crippen LogP contribution in [0.1, 0.15) is 18.1 Å². The van der Waals surface area contributed by atoms with Gasteiger partial charge in [-0.25, -0.2) is 22.8 Å². The van der Waals surface area contributed by atoms with E-state index in [2.05, 4.69) is 21.9 Å². The molecule has 2 aliphatic rings. The van der Waals surface area contributed by atoms with Crippen LogP contribution in [0.25, 0.3) is 5.57 Å². The molecule has 1 N–H and O–H groups in total. The fourth-order valence-electron chi connectivity index (χ4n) is 2.93. The first-order valence-corrected chi connectivity index (χ1v) is 11.1. The number of rotatable bonds is 6. The van der Waals surface area contributed by atoms with Crippen LogP contribution >= 0.6 is 0 Å². The Labute approximate surface area is 174 Å². The number of hydrogen-bond donors (Lipinski definition) is 1. The first-order valence-electron chi connectivity index (χ1n) is 9.24. The Morgan fingerprint density at radius 2 is 2.10 bits per heavy atom. The summed E-state index contributed by atoms with van der Waals surface area (Å²) in [5, 5.41) is 13.3. The molecule has 2 aliphatic heterocycles. The molecule has 30 heavy (non-hydrogen) atoms. The summed E-state index contributed by atoms with van der Waals surface area (Å²) in [6, 6.07) is 4.82. The van der Waals surface area contributed by atoms with Gasteiger partial charge in [0.1, 0.15) is 5.82 Å². The number of oxime groups is 1. The van der Waals surface area contributed by atoms with Crippen molar-refractivity contribution in [1.29, 1.82) is 0 Å². The summed E-state index contributed by atoms with van der Waals surface area (Å²) < 4.78 is 38.3. The number of benzene rings is 1. The number of allylic oxidation sites excluding steroid dienone is 1. The molecule has 0 saturated carbocycles. The average Bonchev–Trinajstić information content (AvgIpc) is 2.62. The van der Waals surface area contributed by atoms with Crippen molar-refractivity contribution in [3.8, 4) is 0 Å². The van der Waals surface area contributed by atoms with Gasteiger partial charge in [-0.2, -0.15) is 4.31 Å². The zero-order chi connectivity index (χ0) is 21.9. The lowest BCUT2D eigenvalue weighted by Gasteiger charge is -2.36. The Hall–Kier alpha value is -2.63. The van der Waals surface area contributed by atoms with E-state index in [0.29, 0.717) is 43.3 Å². The number of guanidine groups is 1. The predicted molar refractivity (Wildman–Crippen MR) is 113 cm³/mol. The quantitative estimate of drug-likeness (QED) is 0.407. The Balaban J connectivity index is 1.56. The summed E-state index contributed by atoms with van der Waals surface area (Å²) in [5.74, 6) is -0.100. The lowest BCUT2D eigenvalue weighted by atomic mass is 10.0. The second-order valence-electron chi connectivity index (χ2n) is 7.16. The molecule has 2 fully saturated rings. The lowest BCUT2D eigenvalue weighted by Crippen LogP contribution is -2.54. The number of halogens is 1. The van der Waals surface area contributed by atoms with Crippen molar-refractivity contribution in [1.82, 2.24) is 9.21 Å². The van der Waals surface area contributed by atoms with Gasteiger partial charge in [0, 0.05) is 17.3 Å². The van der Waals surface area contributed by atoms with Crippen molar-refractivity contribution in [2.75, 3.05) is 32.4 Å². The molecule has 0 amide bonds. The second kappa shape index (κ2) is 9.02. The molecular weight excluding hydrogens is 413 g/mol. The highest BCUT2D eigenvalue weighted by Gasteiger charge is 2.35. The zero-order valence-electron chi connectivity index (χ0n) is 16.8. The normalized spacial score (nSPS) is 18.7. The molecular formula is C19H24FN5O4S. The predicted octanol–water partition coefficient (Wildman–Crippen LogP) is 1.07. The molecule has 0 aromatic heterocycles. The highest BCUT2D eigenvalue weighted by molar-refractivity contribution is 7.88. The van der Waals surface area contributed by atoms with Gasteiger partial charge >= 0.3 is 0 Å². The Kier molecular flexibility index (Phi) is 6.64. The van der Waals surface area contributed by atoms with Gasteiger partial charge in [0.05, 0.1) is 44.8 Å². The lowest BCUT2D eigenvalue weighted by molar-refractivity contribution is -0.0182. The summed E-state index contributed by atoms with van der Waals surface area (Å²) in [5.41, 5.74) is 1.95. The minimum atomic E-state index is -3.17. The van der Waals surface area contributed by atoms with Crippen LogP contribution in [-0.2, 0) is 21.5 Å². The average molecular weight is 437 g/mol. The molecule has 9 nitrogen and oxygen atoms in total. The van der Waals surface area contributed by atoms with E-state index >= 15 is 0 Å². The van der Waals surface area contributed by atoms with E-state index in [1.165, 1.54) is 16.6 Å². The van der Waals surface area contributed by atoms with Crippen LogP contribution in [0.4, 0.5) is 4.39 Å². The summed E-state index contributed by atoms with van der Waals surface area (Å²) in [6.45, 7) is 6.39. The van der Waals surface area contributed by atoms with Crippen LogP contribution in [0, 0.1) is 5.82 Å². The van der Waals surface area contributed by atoms with Crippen LogP contribution in [0.15, 0.2) is 39.5 Å². The van der Waals surface area contributed by atoms with E-state index in [-0.39, 0.29) is 18.3 Å². The third-order valence-corrected chi connectivity index (χ3v) is 6.07. The van der Waals surface area contributed by atoms with Crippen LogP contribution < -0.4 is 0 Å². The minimum Gasteiger partial charge on any atom is -0.392 e. The monoisotopic (exact) mass is 437 g/mol. The standard InChI is InChI=1S/C19H24FN5O4S/c1-13(17-6-4-5-14(12-26)18(17)20)7-22-19(21-2)24-8-15(9-24)23-29-16-10-25(11-16)30(3,27)28/h4-7,16,26H,2,8-12H2,1,3H3/b13-7+,22-19+. The van der Waals surface area contributed by atoms with Crippen molar-refractivity contribution < 1.29 is 22.8 Å². The first kappa shape index (κ1) is 22.1. The van der Waals surface area contributed by atoms with Gasteiger partial charge in [0.15, 0.2) is 6.10 Å². The summed E-state index contributed by atoms with van der Waals surface area (Å²) in [6.07, 6.45) is 2.43. The maximum absolute atomic E-state index is 14.3. The second-order valence-corrected chi connectivity index (χ2v) is 9.14. The Bertz CT molecular complexity index is 1010. The molecule has 0 bridgehead atoms. The maximum Gasteiger partial charge on any atom is 0.225 e. The third-order valence-electron chi connectivity index (χ3n) is 4.83. The summed E-state index contributed by atoms with van der Waals surface area (Å²) in [7, 11) is -3.17. The highest BCUT2D eigenvalue weighted by Crippen LogP contribution is 2.21. The number of likely N-dealkylation sites (tertiary alicyclic amines) is 1. The fourth-order valence-corrected chi connectivity index (χ4v) is 3.81. The van der Waals surface area contributed by atoms with E-state index in [9.17, 15) is 17.9 Å². The molecule has 3 rings (SSSR count). The van der Waals surface area contributed by atoms with Gasteiger partial charge in [-0.05, 0) is 19.2 Å². The number of aliphatic hydroxyl groups excluding tert-OH is 1. The van der Waals surface area contributed by atoms with E-state index in [4.69, 9.17) is 4.84 Å². The van der Waals surface area contributed by atoms with Crippen molar-refractivity contribution in [3.63, 3.8) is 0 Å². The largest absolute Gasteiger partial charge is 0.392 e. The van der Waals surface area contributed by atoms with Gasteiger partial charge in [-0.3, -0.25) is 0 Å². The van der Waals surface area contributed by atoms with Crippen LogP contribution in [0.5, 0.6) is 0 Å². The number of hydrogen-bond acceptors (Lipinski definition) is 6. The fraction of sp³-hybridized carbons (Fsp3) is 0.421. The van der Waals surface area contributed by atoms with Crippen LogP contribution in [0.2, 0.25) is 0 Å².